The van der Waals surface area contributed by atoms with E-state index in [0.29, 0.717) is 18.9 Å². The lowest BCUT2D eigenvalue weighted by atomic mass is 10.0. The van der Waals surface area contributed by atoms with E-state index in [1.54, 1.807) is 0 Å². The minimum Gasteiger partial charge on any atom is -0.465 e. The van der Waals surface area contributed by atoms with Gasteiger partial charge in [-0.3, -0.25) is 4.79 Å². The third-order valence-corrected chi connectivity index (χ3v) is 3.18. The quantitative estimate of drug-likeness (QED) is 0.757. The number of amides is 1. The molecule has 1 unspecified atom stereocenters. The smallest absolute Gasteiger partial charge is 0.339 e. The van der Waals surface area contributed by atoms with Crippen molar-refractivity contribution in [3.63, 3.8) is 0 Å². The molecule has 1 atom stereocenters. The predicted octanol–water partition coefficient (Wildman–Crippen LogP) is 2.32. The summed E-state index contributed by atoms with van der Waals surface area (Å²) < 4.78 is 17.9. The summed E-state index contributed by atoms with van der Waals surface area (Å²) in [5.74, 6) is -1.08. The Morgan fingerprint density at radius 1 is 1.38 bits per heavy atom. The first-order chi connectivity index (χ1) is 9.97. The molecular formula is C15H21FN2O3. The number of anilines is 1. The zero-order valence-electron chi connectivity index (χ0n) is 12.3. The van der Waals surface area contributed by atoms with Gasteiger partial charge >= 0.3 is 5.97 Å². The van der Waals surface area contributed by atoms with Gasteiger partial charge in [-0.1, -0.05) is 6.92 Å². The fourth-order valence-electron chi connectivity index (χ4n) is 1.93. The maximum Gasteiger partial charge on any atom is 0.339 e. The normalized spacial score (nSPS) is 11.8. The van der Waals surface area contributed by atoms with Crippen LogP contribution in [0.15, 0.2) is 18.2 Å². The third kappa shape index (κ3) is 5.51. The molecule has 0 aliphatic heterocycles. The van der Waals surface area contributed by atoms with E-state index < -0.39 is 11.8 Å². The SMILES string of the molecule is COC(=O)c1ccc(F)cc1NC(=O)CCC(C)CCN. The van der Waals surface area contributed by atoms with Crippen LogP contribution in [-0.4, -0.2) is 25.5 Å². The van der Waals surface area contributed by atoms with Crippen molar-refractivity contribution >= 4 is 17.6 Å². The zero-order valence-corrected chi connectivity index (χ0v) is 12.3. The van der Waals surface area contributed by atoms with E-state index in [2.05, 4.69) is 10.1 Å². The van der Waals surface area contributed by atoms with E-state index in [-0.39, 0.29) is 23.6 Å². The lowest BCUT2D eigenvalue weighted by molar-refractivity contribution is -0.116. The molecule has 3 N–H and O–H groups in total. The number of carbonyl (C=O) groups excluding carboxylic acids is 2. The molecule has 6 heteroatoms. The highest BCUT2D eigenvalue weighted by atomic mass is 19.1. The molecule has 0 aliphatic carbocycles. The van der Waals surface area contributed by atoms with Crippen LogP contribution in [0.5, 0.6) is 0 Å². The Kier molecular flexibility index (Phi) is 6.81. The van der Waals surface area contributed by atoms with Crippen LogP contribution in [0.25, 0.3) is 0 Å². The van der Waals surface area contributed by atoms with Crippen molar-refractivity contribution in [1.82, 2.24) is 0 Å². The molecule has 0 aromatic heterocycles. The van der Waals surface area contributed by atoms with Crippen molar-refractivity contribution in [2.75, 3.05) is 19.0 Å². The Balaban J connectivity index is 2.71. The highest BCUT2D eigenvalue weighted by Gasteiger charge is 2.15. The molecule has 1 rings (SSSR count). The van der Waals surface area contributed by atoms with E-state index in [1.165, 1.54) is 13.2 Å². The molecule has 0 aliphatic rings. The first kappa shape index (κ1) is 17.1. The molecular weight excluding hydrogens is 275 g/mol. The number of benzene rings is 1. The summed E-state index contributed by atoms with van der Waals surface area (Å²) in [6.45, 7) is 2.60. The number of esters is 1. The molecule has 1 aromatic rings. The largest absolute Gasteiger partial charge is 0.465 e. The van der Waals surface area contributed by atoms with Gasteiger partial charge in [0.1, 0.15) is 5.82 Å². The van der Waals surface area contributed by atoms with Gasteiger partial charge in [0.2, 0.25) is 5.91 Å². The molecule has 1 amide bonds. The maximum atomic E-state index is 13.3. The second kappa shape index (κ2) is 8.36. The minimum atomic E-state index is -0.623. The Morgan fingerprint density at radius 2 is 2.10 bits per heavy atom. The number of hydrogen-bond acceptors (Lipinski definition) is 4. The number of nitrogens with one attached hydrogen (secondary N) is 1. The van der Waals surface area contributed by atoms with Crippen molar-refractivity contribution in [3.05, 3.63) is 29.6 Å². The highest BCUT2D eigenvalue weighted by Crippen LogP contribution is 2.19. The van der Waals surface area contributed by atoms with Gasteiger partial charge in [0.25, 0.3) is 0 Å². The first-order valence-electron chi connectivity index (χ1n) is 6.85. The van der Waals surface area contributed by atoms with Gasteiger partial charge in [-0.15, -0.1) is 0 Å². The maximum absolute atomic E-state index is 13.3. The fourth-order valence-corrected chi connectivity index (χ4v) is 1.93. The van der Waals surface area contributed by atoms with Crippen molar-refractivity contribution in [2.45, 2.75) is 26.2 Å². The molecule has 0 radical (unpaired) electrons. The van der Waals surface area contributed by atoms with Crippen LogP contribution in [0, 0.1) is 11.7 Å². The minimum absolute atomic E-state index is 0.123. The number of halogens is 1. The Bertz CT molecular complexity index is 506. The molecule has 0 bridgehead atoms. The van der Waals surface area contributed by atoms with Gasteiger partial charge in [0.15, 0.2) is 0 Å². The molecule has 0 spiro atoms. The van der Waals surface area contributed by atoms with Gasteiger partial charge in [-0.05, 0) is 43.5 Å². The Labute approximate surface area is 123 Å². The summed E-state index contributed by atoms with van der Waals surface area (Å²) in [4.78, 5) is 23.4. The summed E-state index contributed by atoms with van der Waals surface area (Å²) >= 11 is 0. The van der Waals surface area contributed by atoms with Crippen molar-refractivity contribution in [3.8, 4) is 0 Å². The van der Waals surface area contributed by atoms with E-state index in [0.717, 1.165) is 18.6 Å². The van der Waals surface area contributed by atoms with Gasteiger partial charge in [-0.2, -0.15) is 0 Å². The number of ether oxygens (including phenoxy) is 1. The lowest BCUT2D eigenvalue weighted by Crippen LogP contribution is -2.16. The number of rotatable bonds is 7. The van der Waals surface area contributed by atoms with E-state index in [1.807, 2.05) is 6.92 Å². The van der Waals surface area contributed by atoms with Crippen molar-refractivity contribution in [1.29, 1.82) is 0 Å². The molecule has 0 saturated heterocycles. The summed E-state index contributed by atoms with van der Waals surface area (Å²) in [5.41, 5.74) is 5.70. The van der Waals surface area contributed by atoms with Crippen LogP contribution in [0.3, 0.4) is 0 Å². The molecule has 0 saturated carbocycles. The Hall–Kier alpha value is -1.95. The molecule has 21 heavy (non-hydrogen) atoms. The monoisotopic (exact) mass is 296 g/mol. The van der Waals surface area contributed by atoms with Crippen LogP contribution in [0.1, 0.15) is 36.5 Å². The van der Waals surface area contributed by atoms with Gasteiger partial charge in [-0.25, -0.2) is 9.18 Å². The summed E-state index contributed by atoms with van der Waals surface area (Å²) in [5, 5.41) is 2.55. The second-order valence-electron chi connectivity index (χ2n) is 4.95. The van der Waals surface area contributed by atoms with Crippen molar-refractivity contribution in [2.24, 2.45) is 11.7 Å². The van der Waals surface area contributed by atoms with E-state index >= 15 is 0 Å². The average molecular weight is 296 g/mol. The number of hydrogen-bond donors (Lipinski definition) is 2. The molecule has 0 heterocycles. The predicted molar refractivity (Wildman–Crippen MR) is 78.4 cm³/mol. The summed E-state index contributed by atoms with van der Waals surface area (Å²) in [6.07, 6.45) is 1.82. The van der Waals surface area contributed by atoms with E-state index in [9.17, 15) is 14.0 Å². The van der Waals surface area contributed by atoms with Crippen LogP contribution >= 0.6 is 0 Å². The summed E-state index contributed by atoms with van der Waals surface area (Å²) in [7, 11) is 1.23. The lowest BCUT2D eigenvalue weighted by Gasteiger charge is -2.12. The van der Waals surface area contributed by atoms with Crippen molar-refractivity contribution < 1.29 is 18.7 Å². The number of nitrogens with two attached hydrogens (primary N) is 1. The Morgan fingerprint density at radius 3 is 2.71 bits per heavy atom. The van der Waals surface area contributed by atoms with Crippen LogP contribution in [0.2, 0.25) is 0 Å². The van der Waals surface area contributed by atoms with Gasteiger partial charge in [0, 0.05) is 6.42 Å². The topological polar surface area (TPSA) is 81.4 Å². The van der Waals surface area contributed by atoms with Gasteiger partial charge in [0.05, 0.1) is 18.4 Å². The molecule has 1 aromatic carbocycles. The highest BCUT2D eigenvalue weighted by molar-refractivity contribution is 6.01. The first-order valence-corrected chi connectivity index (χ1v) is 6.85. The van der Waals surface area contributed by atoms with Crippen LogP contribution in [-0.2, 0) is 9.53 Å². The zero-order chi connectivity index (χ0) is 15.8. The fraction of sp³-hybridized carbons (Fsp3) is 0.467. The molecule has 5 nitrogen and oxygen atoms in total. The molecule has 116 valence electrons. The van der Waals surface area contributed by atoms with E-state index in [4.69, 9.17) is 5.73 Å². The standard InChI is InChI=1S/C15H21FN2O3/c1-10(7-8-17)3-6-14(19)18-13-9-11(16)4-5-12(13)15(20)21-2/h4-5,9-10H,3,6-8,17H2,1-2H3,(H,18,19). The molecule has 0 fully saturated rings. The van der Waals surface area contributed by atoms with Gasteiger partial charge < -0.3 is 15.8 Å². The number of carbonyl (C=O) groups is 2. The van der Waals surface area contributed by atoms with Crippen LogP contribution in [0.4, 0.5) is 10.1 Å². The number of methoxy groups -OCH3 is 1. The average Bonchev–Trinajstić information content (AvgIpc) is 2.45. The second-order valence-corrected chi connectivity index (χ2v) is 4.95. The van der Waals surface area contributed by atoms with Crippen LogP contribution < -0.4 is 11.1 Å². The third-order valence-electron chi connectivity index (χ3n) is 3.18. The summed E-state index contributed by atoms with van der Waals surface area (Å²) in [6, 6.07) is 3.53.